The van der Waals surface area contributed by atoms with Crippen LogP contribution in [0.5, 0.6) is 0 Å². The average Bonchev–Trinajstić information content (AvgIpc) is 2.68. The number of ketones is 1. The van der Waals surface area contributed by atoms with Crippen LogP contribution in [0.3, 0.4) is 0 Å². The van der Waals surface area contributed by atoms with Crippen LogP contribution in [0.1, 0.15) is 88.0 Å². The number of carbonyl (C=O) groups excluding carboxylic acids is 1. The van der Waals surface area contributed by atoms with E-state index in [2.05, 4.69) is 85.6 Å². The minimum atomic E-state index is -2.16. The monoisotopic (exact) mass is 548 g/mol. The van der Waals surface area contributed by atoms with Gasteiger partial charge in [0.1, 0.15) is 5.78 Å². The van der Waals surface area contributed by atoms with Gasteiger partial charge < -0.3 is 8.85 Å². The van der Waals surface area contributed by atoms with Crippen molar-refractivity contribution < 1.29 is 23.2 Å². The van der Waals surface area contributed by atoms with E-state index in [9.17, 15) is 4.79 Å². The van der Waals surface area contributed by atoms with Crippen molar-refractivity contribution >= 4 is 34.5 Å². The van der Waals surface area contributed by atoms with Crippen LogP contribution in [0.2, 0.25) is 36.3 Å². The SMILES string of the molecule is C=CCCC[C@H](C)[C@@H](CC(=O)C(C)(C)[C@H](CSOO)O[Si](C)(C)C(C)(C)C)O[Si](C)(C)C(C)(C)C. The molecule has 0 spiro atoms. The predicted molar refractivity (Wildman–Crippen MR) is 157 cm³/mol. The summed E-state index contributed by atoms with van der Waals surface area (Å²) in [5.41, 5.74) is -0.753. The van der Waals surface area contributed by atoms with Crippen molar-refractivity contribution in [3.63, 3.8) is 0 Å². The van der Waals surface area contributed by atoms with Gasteiger partial charge in [0.15, 0.2) is 16.6 Å². The lowest BCUT2D eigenvalue weighted by Gasteiger charge is -2.44. The van der Waals surface area contributed by atoms with Crippen molar-refractivity contribution in [2.45, 2.75) is 136 Å². The first-order valence-corrected chi connectivity index (χ1v) is 19.8. The Bertz CT molecular complexity index is 665. The Balaban J connectivity index is 5.98. The number of allylic oxidation sites excluding steroid dienone is 1. The summed E-state index contributed by atoms with van der Waals surface area (Å²) in [6.07, 6.45) is 4.81. The van der Waals surface area contributed by atoms with Gasteiger partial charge in [-0.3, -0.25) is 4.79 Å². The zero-order chi connectivity index (χ0) is 27.9. The number of carbonyl (C=O) groups is 1. The number of hydrogen-bond acceptors (Lipinski definition) is 6. The van der Waals surface area contributed by atoms with Gasteiger partial charge in [-0.05, 0) is 61.4 Å². The van der Waals surface area contributed by atoms with E-state index in [-0.39, 0.29) is 34.0 Å². The molecule has 35 heavy (non-hydrogen) atoms. The zero-order valence-corrected chi connectivity index (χ0v) is 27.9. The summed E-state index contributed by atoms with van der Waals surface area (Å²) in [5, 5.41) is 9.08. The molecule has 0 heterocycles. The van der Waals surface area contributed by atoms with E-state index in [4.69, 9.17) is 14.1 Å². The molecule has 0 aromatic carbocycles. The van der Waals surface area contributed by atoms with E-state index in [0.717, 1.165) is 31.3 Å². The molecule has 0 fully saturated rings. The average molecular weight is 549 g/mol. The van der Waals surface area contributed by atoms with Crippen LogP contribution in [-0.4, -0.2) is 45.6 Å². The maximum absolute atomic E-state index is 13.9. The second-order valence-electron chi connectivity index (χ2n) is 13.7. The summed E-state index contributed by atoms with van der Waals surface area (Å²) in [4.78, 5) is 13.9. The standard InChI is InChI=1S/C27H56O5SSi2/c1-15-16-17-18-21(2)22(30-34(11,12)25(3,4)5)19-23(28)27(9,10)24(20-33-32-29)31-35(13,14)26(6,7)8/h15,21-22,24,29H,1,16-20H2,2-14H3/t21-,22+,24-/m0/s1. The van der Waals surface area contributed by atoms with Gasteiger partial charge in [0.25, 0.3) is 0 Å². The number of rotatable bonds is 16. The summed E-state index contributed by atoms with van der Waals surface area (Å²) in [6.45, 7) is 32.2. The fraction of sp³-hybridized carbons (Fsp3) is 0.889. The summed E-state index contributed by atoms with van der Waals surface area (Å²) < 4.78 is 17.9. The Hall–Kier alpha value is 0.0338. The molecule has 0 aromatic heterocycles. The first kappa shape index (κ1) is 35.0. The molecule has 5 nitrogen and oxygen atoms in total. The van der Waals surface area contributed by atoms with Crippen molar-refractivity contribution in [1.29, 1.82) is 0 Å². The van der Waals surface area contributed by atoms with Gasteiger partial charge in [-0.25, -0.2) is 5.26 Å². The van der Waals surface area contributed by atoms with Crippen LogP contribution in [0.25, 0.3) is 0 Å². The van der Waals surface area contributed by atoms with Gasteiger partial charge in [0.2, 0.25) is 0 Å². The Morgan fingerprint density at radius 2 is 1.46 bits per heavy atom. The predicted octanol–water partition coefficient (Wildman–Crippen LogP) is 8.88. The topological polar surface area (TPSA) is 65.0 Å². The van der Waals surface area contributed by atoms with Crippen molar-refractivity contribution in [1.82, 2.24) is 0 Å². The van der Waals surface area contributed by atoms with E-state index < -0.39 is 22.0 Å². The van der Waals surface area contributed by atoms with E-state index in [1.54, 1.807) is 0 Å². The molecule has 0 radical (unpaired) electrons. The second-order valence-corrected chi connectivity index (χ2v) is 23.9. The van der Waals surface area contributed by atoms with Crippen LogP contribution < -0.4 is 0 Å². The maximum Gasteiger partial charge on any atom is 0.192 e. The Morgan fingerprint density at radius 1 is 0.971 bits per heavy atom. The molecule has 0 amide bonds. The molecule has 0 aromatic rings. The molecule has 208 valence electrons. The fourth-order valence-corrected chi connectivity index (χ4v) is 6.98. The summed E-state index contributed by atoms with van der Waals surface area (Å²) in [6, 6.07) is 0. The van der Waals surface area contributed by atoms with Gasteiger partial charge >= 0.3 is 0 Å². The van der Waals surface area contributed by atoms with Gasteiger partial charge in [-0.1, -0.05) is 68.4 Å². The minimum Gasteiger partial charge on any atom is -0.413 e. The lowest BCUT2D eigenvalue weighted by Crippen LogP contribution is -2.52. The van der Waals surface area contributed by atoms with E-state index in [0.29, 0.717) is 12.2 Å². The first-order valence-electron chi connectivity index (χ1n) is 13.1. The zero-order valence-electron chi connectivity index (χ0n) is 25.0. The molecule has 0 aliphatic rings. The summed E-state index contributed by atoms with van der Waals surface area (Å²) in [7, 11) is -4.23. The van der Waals surface area contributed by atoms with Crippen LogP contribution in [0.15, 0.2) is 12.7 Å². The highest BCUT2D eigenvalue weighted by Gasteiger charge is 2.47. The fourth-order valence-electron chi connectivity index (χ4n) is 3.32. The second kappa shape index (κ2) is 13.7. The lowest BCUT2D eigenvalue weighted by molar-refractivity contribution is -0.134. The quantitative estimate of drug-likeness (QED) is 0.0519. The molecule has 0 saturated carbocycles. The van der Waals surface area contributed by atoms with E-state index in [1.807, 2.05) is 19.9 Å². The molecule has 3 atom stereocenters. The lowest BCUT2D eigenvalue weighted by atomic mass is 9.79. The first-order chi connectivity index (χ1) is 15.6. The van der Waals surface area contributed by atoms with Crippen LogP contribution in [0, 0.1) is 11.3 Å². The molecular weight excluding hydrogens is 493 g/mol. The summed E-state index contributed by atoms with van der Waals surface area (Å²) >= 11 is 0.931. The largest absolute Gasteiger partial charge is 0.413 e. The van der Waals surface area contributed by atoms with Crippen LogP contribution in [0.4, 0.5) is 0 Å². The molecular formula is C27H56O5SSi2. The number of unbranched alkanes of at least 4 members (excludes halogenated alkanes) is 1. The van der Waals surface area contributed by atoms with Crippen LogP contribution >= 0.6 is 12.0 Å². The van der Waals surface area contributed by atoms with Gasteiger partial charge in [-0.15, -0.1) is 6.58 Å². The minimum absolute atomic E-state index is 0.00274. The normalized spacial score (nSPS) is 16.6. The highest BCUT2D eigenvalue weighted by Crippen LogP contribution is 2.42. The van der Waals surface area contributed by atoms with Crippen molar-refractivity contribution in [2.24, 2.45) is 11.3 Å². The molecule has 0 rings (SSSR count). The molecule has 0 unspecified atom stereocenters. The van der Waals surface area contributed by atoms with E-state index >= 15 is 0 Å². The number of hydrogen-bond donors (Lipinski definition) is 1. The smallest absolute Gasteiger partial charge is 0.192 e. The van der Waals surface area contributed by atoms with Crippen molar-refractivity contribution in [2.75, 3.05) is 5.75 Å². The Labute approximate surface area is 223 Å². The molecule has 0 aliphatic heterocycles. The summed E-state index contributed by atoms with van der Waals surface area (Å²) in [5.74, 6) is 0.780. The maximum atomic E-state index is 13.9. The molecule has 1 N–H and O–H groups in total. The third-order valence-corrected chi connectivity index (χ3v) is 17.9. The number of Topliss-reactive ketones (excluding diaryl/α,β-unsaturated/α-hetero) is 1. The van der Waals surface area contributed by atoms with Crippen molar-refractivity contribution in [3.05, 3.63) is 12.7 Å². The third kappa shape index (κ3) is 10.7. The molecule has 0 aliphatic carbocycles. The third-order valence-electron chi connectivity index (χ3n) is 8.38. The van der Waals surface area contributed by atoms with Crippen molar-refractivity contribution in [3.8, 4) is 0 Å². The Kier molecular flexibility index (Phi) is 13.7. The molecule has 0 bridgehead atoms. The van der Waals surface area contributed by atoms with Gasteiger partial charge in [-0.2, -0.15) is 4.33 Å². The van der Waals surface area contributed by atoms with E-state index in [1.165, 1.54) is 0 Å². The highest BCUT2D eigenvalue weighted by molar-refractivity contribution is 7.94. The Morgan fingerprint density at radius 3 is 1.89 bits per heavy atom. The van der Waals surface area contributed by atoms with Gasteiger partial charge in [0, 0.05) is 29.6 Å². The molecule has 0 saturated heterocycles. The molecule has 8 heteroatoms. The highest BCUT2D eigenvalue weighted by atomic mass is 32.2. The van der Waals surface area contributed by atoms with Crippen LogP contribution in [-0.2, 0) is 18.0 Å². The van der Waals surface area contributed by atoms with Gasteiger partial charge in [0.05, 0.1) is 12.2 Å².